The van der Waals surface area contributed by atoms with E-state index in [0.29, 0.717) is 23.7 Å². The number of nitrogens with zero attached hydrogens (tertiary/aromatic N) is 4. The number of benzene rings is 1. The van der Waals surface area contributed by atoms with Crippen molar-refractivity contribution < 1.29 is 17.9 Å². The third-order valence-corrected chi connectivity index (χ3v) is 5.02. The maximum atomic E-state index is 12.2. The monoisotopic (exact) mass is 440 g/mol. The zero-order chi connectivity index (χ0) is 20.4. The molecule has 1 saturated carbocycles. The van der Waals surface area contributed by atoms with Crippen molar-refractivity contribution in [1.29, 1.82) is 0 Å². The van der Waals surface area contributed by atoms with Gasteiger partial charge in [-0.3, -0.25) is 8.73 Å². The summed E-state index contributed by atoms with van der Waals surface area (Å²) in [6.45, 7) is 0.445. The quantitative estimate of drug-likeness (QED) is 0.319. The van der Waals surface area contributed by atoms with E-state index in [4.69, 9.17) is 20.8 Å². The van der Waals surface area contributed by atoms with E-state index in [-0.39, 0.29) is 22.9 Å². The van der Waals surface area contributed by atoms with Crippen molar-refractivity contribution in [2.24, 2.45) is 0 Å². The molecular formula is C15H15ClN7O5S-. The second kappa shape index (κ2) is 8.04. The number of halogens is 1. The predicted octanol–water partition coefficient (Wildman–Crippen LogP) is 0.752. The molecule has 0 bridgehead atoms. The highest BCUT2D eigenvalue weighted by Gasteiger charge is 2.42. The first-order valence-electron chi connectivity index (χ1n) is 8.51. The van der Waals surface area contributed by atoms with Gasteiger partial charge in [-0.25, -0.2) is 19.4 Å². The average Bonchev–Trinajstić information content (AvgIpc) is 3.12. The molecule has 1 fully saturated rings. The van der Waals surface area contributed by atoms with Crippen LogP contribution in [0.3, 0.4) is 0 Å². The van der Waals surface area contributed by atoms with Gasteiger partial charge in [-0.05, 0) is 47.8 Å². The summed E-state index contributed by atoms with van der Waals surface area (Å²) in [5.74, 6) is -0.344. The molecule has 0 aliphatic heterocycles. The minimum absolute atomic E-state index is 0.101. The van der Waals surface area contributed by atoms with Gasteiger partial charge in [0.15, 0.2) is 5.69 Å². The van der Waals surface area contributed by atoms with Crippen LogP contribution in [0.5, 0.6) is 0 Å². The van der Waals surface area contributed by atoms with E-state index < -0.39 is 17.0 Å². The topological polar surface area (TPSA) is 163 Å². The summed E-state index contributed by atoms with van der Waals surface area (Å²) >= 11 is 3.62. The smallest absolute Gasteiger partial charge is 0.446 e. The van der Waals surface area contributed by atoms with Crippen molar-refractivity contribution >= 4 is 28.7 Å². The van der Waals surface area contributed by atoms with Crippen LogP contribution < -0.4 is 21.3 Å². The van der Waals surface area contributed by atoms with Gasteiger partial charge in [-0.15, -0.1) is 0 Å². The highest BCUT2D eigenvalue weighted by atomic mass is 35.5. The lowest BCUT2D eigenvalue weighted by Crippen LogP contribution is -2.44. The fraction of sp³-hybridized carbons (Fsp3) is 0.333. The number of anilines is 1. The Morgan fingerprint density at radius 2 is 2.14 bits per heavy atom. The van der Waals surface area contributed by atoms with Gasteiger partial charge in [0.05, 0.1) is 5.69 Å². The summed E-state index contributed by atoms with van der Waals surface area (Å²) in [5.41, 5.74) is 3.12. The van der Waals surface area contributed by atoms with Crippen molar-refractivity contribution in [2.75, 3.05) is 11.9 Å². The molecule has 2 aromatic heterocycles. The standard InChI is InChI=1S/C15H16ClN7O5S/c16-9-2-1-3-10(8-9)23-13(20-27-14(23)24)11-12(19-28-18-11)17-7-6-15(4-5-15)21-22-29(25)26/h1-3,8,21-22H,4-7H2,(H,17,19)(H,25,26)/p-1. The van der Waals surface area contributed by atoms with Crippen LogP contribution in [0.2, 0.25) is 5.02 Å². The molecule has 1 aliphatic carbocycles. The van der Waals surface area contributed by atoms with Crippen LogP contribution >= 0.6 is 11.6 Å². The fourth-order valence-electron chi connectivity index (χ4n) is 2.85. The molecule has 1 atom stereocenters. The summed E-state index contributed by atoms with van der Waals surface area (Å²) in [4.78, 5) is 14.3. The molecule has 1 aromatic carbocycles. The van der Waals surface area contributed by atoms with Crippen molar-refractivity contribution in [1.82, 2.24) is 30.3 Å². The Labute approximate surface area is 170 Å². The summed E-state index contributed by atoms with van der Waals surface area (Å²) in [6.07, 6.45) is 2.28. The molecule has 1 aliphatic rings. The summed E-state index contributed by atoms with van der Waals surface area (Å²) in [6, 6.07) is 6.61. The Balaban J connectivity index is 1.51. The maximum Gasteiger partial charge on any atom is 0.446 e. The number of hydrogen-bond donors (Lipinski definition) is 3. The molecule has 3 N–H and O–H groups in total. The van der Waals surface area contributed by atoms with Crippen LogP contribution in [0.1, 0.15) is 19.3 Å². The third-order valence-electron chi connectivity index (χ3n) is 4.52. The van der Waals surface area contributed by atoms with E-state index in [9.17, 15) is 13.6 Å². The first-order chi connectivity index (χ1) is 14.0. The molecule has 2 heterocycles. The second-order valence-corrected chi connectivity index (χ2v) is 7.58. The average molecular weight is 441 g/mol. The molecule has 14 heteroatoms. The zero-order valence-electron chi connectivity index (χ0n) is 14.8. The lowest BCUT2D eigenvalue weighted by Gasteiger charge is -2.19. The SMILES string of the molecule is O=c1onc(-c2nonc2NCCC2(NNS(=O)[O-])CC2)n1-c1cccc(Cl)c1. The normalized spacial score (nSPS) is 15.9. The molecule has 0 amide bonds. The van der Waals surface area contributed by atoms with Crippen molar-refractivity contribution in [3.05, 3.63) is 39.8 Å². The summed E-state index contributed by atoms with van der Waals surface area (Å²) < 4.78 is 32.1. The molecule has 3 aromatic rings. The van der Waals surface area contributed by atoms with E-state index in [1.54, 1.807) is 24.3 Å². The third kappa shape index (κ3) is 4.38. The van der Waals surface area contributed by atoms with Crippen LogP contribution in [0, 0.1) is 0 Å². The Bertz CT molecular complexity index is 1090. The van der Waals surface area contributed by atoms with Crippen molar-refractivity contribution in [3.8, 4) is 17.2 Å². The van der Waals surface area contributed by atoms with Gasteiger partial charge >= 0.3 is 5.76 Å². The fourth-order valence-corrected chi connectivity index (χ4v) is 3.34. The molecule has 154 valence electrons. The molecule has 12 nitrogen and oxygen atoms in total. The van der Waals surface area contributed by atoms with Crippen LogP contribution in [-0.2, 0) is 11.3 Å². The Hall–Kier alpha value is -2.58. The van der Waals surface area contributed by atoms with E-state index in [1.807, 2.05) is 0 Å². The summed E-state index contributed by atoms with van der Waals surface area (Å²) in [7, 11) is 0. The summed E-state index contributed by atoms with van der Waals surface area (Å²) in [5, 5.41) is 14.9. The van der Waals surface area contributed by atoms with Crippen LogP contribution in [0.4, 0.5) is 5.82 Å². The molecule has 4 rings (SSSR count). The Morgan fingerprint density at radius 3 is 2.86 bits per heavy atom. The lowest BCUT2D eigenvalue weighted by atomic mass is 10.2. The van der Waals surface area contributed by atoms with E-state index in [0.717, 1.165) is 12.8 Å². The largest absolute Gasteiger partial charge is 0.759 e. The van der Waals surface area contributed by atoms with E-state index in [2.05, 4.69) is 31.0 Å². The van der Waals surface area contributed by atoms with E-state index >= 15 is 0 Å². The van der Waals surface area contributed by atoms with Crippen LogP contribution in [0.15, 0.2) is 38.2 Å². The molecule has 1 unspecified atom stereocenters. The van der Waals surface area contributed by atoms with Crippen LogP contribution in [-0.4, -0.2) is 40.9 Å². The number of hydrogen-bond acceptors (Lipinski definition) is 10. The van der Waals surface area contributed by atoms with E-state index in [1.165, 1.54) is 4.57 Å². The number of hydrazine groups is 1. The first kappa shape index (κ1) is 19.7. The minimum atomic E-state index is -2.39. The van der Waals surface area contributed by atoms with Gasteiger partial charge in [-0.1, -0.05) is 22.8 Å². The number of aromatic nitrogens is 4. The van der Waals surface area contributed by atoms with Gasteiger partial charge in [-0.2, -0.15) is 4.83 Å². The highest BCUT2D eigenvalue weighted by molar-refractivity contribution is 7.76. The highest BCUT2D eigenvalue weighted by Crippen LogP contribution is 2.38. The molecule has 0 saturated heterocycles. The van der Waals surface area contributed by atoms with Crippen LogP contribution in [0.25, 0.3) is 17.2 Å². The number of nitrogens with one attached hydrogen (secondary N) is 3. The molecule has 0 spiro atoms. The van der Waals surface area contributed by atoms with Crippen molar-refractivity contribution in [3.63, 3.8) is 0 Å². The maximum absolute atomic E-state index is 12.2. The zero-order valence-corrected chi connectivity index (χ0v) is 16.3. The Kier molecular flexibility index (Phi) is 5.47. The van der Waals surface area contributed by atoms with Gasteiger partial charge in [0.25, 0.3) is 0 Å². The molecular weight excluding hydrogens is 426 g/mol. The second-order valence-electron chi connectivity index (χ2n) is 6.47. The minimum Gasteiger partial charge on any atom is -0.759 e. The van der Waals surface area contributed by atoms with Gasteiger partial charge < -0.3 is 9.87 Å². The van der Waals surface area contributed by atoms with Crippen molar-refractivity contribution in [2.45, 2.75) is 24.8 Å². The lowest BCUT2D eigenvalue weighted by molar-refractivity contribution is 0.309. The number of rotatable bonds is 9. The predicted molar refractivity (Wildman–Crippen MR) is 101 cm³/mol. The van der Waals surface area contributed by atoms with Gasteiger partial charge in [0.1, 0.15) is 0 Å². The van der Waals surface area contributed by atoms with Gasteiger partial charge in [0, 0.05) is 28.4 Å². The Morgan fingerprint density at radius 1 is 1.31 bits per heavy atom. The first-order valence-corrected chi connectivity index (χ1v) is 9.96. The molecule has 0 radical (unpaired) electrons. The van der Waals surface area contributed by atoms with Gasteiger partial charge in [0.2, 0.25) is 11.6 Å². The molecule has 29 heavy (non-hydrogen) atoms.